The van der Waals surface area contributed by atoms with E-state index in [0.717, 1.165) is 23.4 Å². The zero-order chi connectivity index (χ0) is 13.3. The van der Waals surface area contributed by atoms with Crippen molar-refractivity contribution in [2.75, 3.05) is 0 Å². The maximum atomic E-state index is 12.4. The Labute approximate surface area is 102 Å². The molecule has 0 aliphatic carbocycles. The van der Waals surface area contributed by atoms with Crippen molar-refractivity contribution in [3.05, 3.63) is 41.7 Å². The van der Waals surface area contributed by atoms with Crippen molar-refractivity contribution in [3.63, 3.8) is 0 Å². The van der Waals surface area contributed by atoms with Gasteiger partial charge in [0, 0.05) is 19.2 Å². The molecule has 0 saturated carbocycles. The topological polar surface area (TPSA) is 43.8 Å². The Morgan fingerprint density at radius 2 is 1.83 bits per heavy atom. The van der Waals surface area contributed by atoms with Crippen LogP contribution in [0.25, 0.3) is 11.1 Å². The van der Waals surface area contributed by atoms with Crippen LogP contribution in [0.1, 0.15) is 11.3 Å². The van der Waals surface area contributed by atoms with Gasteiger partial charge in [0.15, 0.2) is 0 Å². The van der Waals surface area contributed by atoms with Crippen molar-refractivity contribution in [3.8, 4) is 11.1 Å². The van der Waals surface area contributed by atoms with Crippen LogP contribution in [0.2, 0.25) is 0 Å². The predicted octanol–water partition coefficient (Wildman–Crippen LogP) is 2.56. The summed E-state index contributed by atoms with van der Waals surface area (Å²) < 4.78 is 38.9. The molecule has 0 spiro atoms. The maximum Gasteiger partial charge on any atom is 0.416 e. The predicted molar refractivity (Wildman–Crippen MR) is 61.5 cm³/mol. The molecule has 1 aromatic heterocycles. The number of nitrogens with zero attached hydrogens (tertiary/aromatic N) is 2. The van der Waals surface area contributed by atoms with Gasteiger partial charge in [-0.1, -0.05) is 12.1 Å². The van der Waals surface area contributed by atoms with Crippen LogP contribution in [0.15, 0.2) is 30.5 Å². The second-order valence-electron chi connectivity index (χ2n) is 3.91. The summed E-state index contributed by atoms with van der Waals surface area (Å²) in [6.45, 7) is 0.285. The molecule has 2 N–H and O–H groups in total. The van der Waals surface area contributed by atoms with E-state index in [9.17, 15) is 13.2 Å². The highest BCUT2D eigenvalue weighted by Gasteiger charge is 2.30. The Morgan fingerprint density at radius 3 is 2.33 bits per heavy atom. The van der Waals surface area contributed by atoms with Gasteiger partial charge in [0.2, 0.25) is 0 Å². The van der Waals surface area contributed by atoms with E-state index >= 15 is 0 Å². The minimum Gasteiger partial charge on any atom is -0.325 e. The lowest BCUT2D eigenvalue weighted by atomic mass is 10.0. The molecule has 1 aromatic carbocycles. The molecule has 0 saturated heterocycles. The van der Waals surface area contributed by atoms with Crippen LogP contribution in [0.3, 0.4) is 0 Å². The molecule has 6 heteroatoms. The van der Waals surface area contributed by atoms with Gasteiger partial charge >= 0.3 is 6.18 Å². The summed E-state index contributed by atoms with van der Waals surface area (Å²) in [5, 5.41) is 4.05. The lowest BCUT2D eigenvalue weighted by Crippen LogP contribution is -2.06. The van der Waals surface area contributed by atoms with Crippen LogP contribution < -0.4 is 5.73 Å². The number of hydrogen-bond donors (Lipinski definition) is 1. The minimum atomic E-state index is -4.32. The number of halogens is 3. The fourth-order valence-corrected chi connectivity index (χ4v) is 1.78. The second-order valence-corrected chi connectivity index (χ2v) is 3.91. The van der Waals surface area contributed by atoms with Crippen LogP contribution >= 0.6 is 0 Å². The van der Waals surface area contributed by atoms with E-state index in [1.54, 1.807) is 17.9 Å². The van der Waals surface area contributed by atoms with Crippen LogP contribution in [0, 0.1) is 0 Å². The monoisotopic (exact) mass is 255 g/mol. The van der Waals surface area contributed by atoms with Crippen LogP contribution in [-0.2, 0) is 19.8 Å². The molecule has 3 nitrogen and oxygen atoms in total. The van der Waals surface area contributed by atoms with Gasteiger partial charge in [-0.15, -0.1) is 0 Å². The Hall–Kier alpha value is -1.82. The van der Waals surface area contributed by atoms with Crippen molar-refractivity contribution in [2.45, 2.75) is 12.7 Å². The summed E-state index contributed by atoms with van der Waals surface area (Å²) in [7, 11) is 1.75. The summed E-state index contributed by atoms with van der Waals surface area (Å²) in [6, 6.07) is 4.98. The fourth-order valence-electron chi connectivity index (χ4n) is 1.78. The molecule has 0 fully saturated rings. The molecule has 96 valence electrons. The number of hydrogen-bond acceptors (Lipinski definition) is 2. The van der Waals surface area contributed by atoms with Crippen molar-refractivity contribution in [2.24, 2.45) is 12.8 Å². The standard InChI is InChI=1S/C12H12F3N3/c1-18-11(6-16)10(7-17-18)8-2-4-9(5-3-8)12(13,14)15/h2-5,7H,6,16H2,1H3. The molecule has 0 unspecified atom stereocenters. The fraction of sp³-hybridized carbons (Fsp3) is 0.250. The number of nitrogens with two attached hydrogens (primary N) is 1. The number of benzene rings is 1. The molecular formula is C12H12F3N3. The lowest BCUT2D eigenvalue weighted by molar-refractivity contribution is -0.137. The summed E-state index contributed by atoms with van der Waals surface area (Å²) in [5.74, 6) is 0. The highest BCUT2D eigenvalue weighted by molar-refractivity contribution is 5.65. The zero-order valence-electron chi connectivity index (χ0n) is 9.70. The third-order valence-electron chi connectivity index (χ3n) is 2.78. The first-order valence-electron chi connectivity index (χ1n) is 5.32. The van der Waals surface area contributed by atoms with Gasteiger partial charge in [-0.25, -0.2) is 0 Å². The van der Waals surface area contributed by atoms with E-state index in [1.165, 1.54) is 12.1 Å². The lowest BCUT2D eigenvalue weighted by Gasteiger charge is -2.08. The van der Waals surface area contributed by atoms with E-state index in [2.05, 4.69) is 5.10 Å². The minimum absolute atomic E-state index is 0.285. The van der Waals surface area contributed by atoms with E-state index in [1.807, 2.05) is 0 Å². The molecule has 0 radical (unpaired) electrons. The number of aromatic nitrogens is 2. The van der Waals surface area contributed by atoms with Crippen molar-refractivity contribution in [1.29, 1.82) is 0 Å². The Morgan fingerprint density at radius 1 is 1.22 bits per heavy atom. The summed E-state index contributed by atoms with van der Waals surface area (Å²) in [5.41, 5.74) is 7.15. The first-order valence-corrected chi connectivity index (χ1v) is 5.32. The van der Waals surface area contributed by atoms with Gasteiger partial charge in [0.05, 0.1) is 17.5 Å². The molecule has 1 heterocycles. The summed E-state index contributed by atoms with van der Waals surface area (Å²) in [4.78, 5) is 0. The van der Waals surface area contributed by atoms with E-state index in [0.29, 0.717) is 5.56 Å². The quantitative estimate of drug-likeness (QED) is 0.896. The van der Waals surface area contributed by atoms with Gasteiger partial charge in [-0.05, 0) is 17.7 Å². The molecule has 2 aromatic rings. The molecule has 18 heavy (non-hydrogen) atoms. The largest absolute Gasteiger partial charge is 0.416 e. The normalized spacial score (nSPS) is 11.8. The van der Waals surface area contributed by atoms with Gasteiger partial charge < -0.3 is 5.73 Å². The van der Waals surface area contributed by atoms with Gasteiger partial charge in [0.25, 0.3) is 0 Å². The number of rotatable bonds is 2. The van der Waals surface area contributed by atoms with E-state index < -0.39 is 11.7 Å². The zero-order valence-corrected chi connectivity index (χ0v) is 9.70. The average molecular weight is 255 g/mol. The number of alkyl halides is 3. The van der Waals surface area contributed by atoms with Gasteiger partial charge in [-0.3, -0.25) is 4.68 Å². The van der Waals surface area contributed by atoms with E-state index in [-0.39, 0.29) is 6.54 Å². The van der Waals surface area contributed by atoms with Crippen LogP contribution in [0.5, 0.6) is 0 Å². The molecule has 0 bridgehead atoms. The van der Waals surface area contributed by atoms with Crippen molar-refractivity contribution in [1.82, 2.24) is 9.78 Å². The molecule has 0 atom stereocenters. The Balaban J connectivity index is 2.40. The first kappa shape index (κ1) is 12.6. The molecular weight excluding hydrogens is 243 g/mol. The summed E-state index contributed by atoms with van der Waals surface area (Å²) in [6.07, 6.45) is -2.71. The molecule has 0 aliphatic heterocycles. The third kappa shape index (κ3) is 2.24. The molecule has 2 rings (SSSR count). The highest BCUT2D eigenvalue weighted by atomic mass is 19.4. The van der Waals surface area contributed by atoms with Gasteiger partial charge in [-0.2, -0.15) is 18.3 Å². The maximum absolute atomic E-state index is 12.4. The van der Waals surface area contributed by atoms with Crippen molar-refractivity contribution >= 4 is 0 Å². The first-order chi connectivity index (χ1) is 8.43. The summed E-state index contributed by atoms with van der Waals surface area (Å²) >= 11 is 0. The van der Waals surface area contributed by atoms with E-state index in [4.69, 9.17) is 5.73 Å². The average Bonchev–Trinajstić information content (AvgIpc) is 2.69. The second kappa shape index (κ2) is 4.45. The van der Waals surface area contributed by atoms with Crippen LogP contribution in [-0.4, -0.2) is 9.78 Å². The SMILES string of the molecule is Cn1ncc(-c2ccc(C(F)(F)F)cc2)c1CN. The van der Waals surface area contributed by atoms with Crippen molar-refractivity contribution < 1.29 is 13.2 Å². The molecule has 0 aliphatic rings. The Bertz CT molecular complexity index is 541. The van der Waals surface area contributed by atoms with Crippen LogP contribution in [0.4, 0.5) is 13.2 Å². The van der Waals surface area contributed by atoms with Gasteiger partial charge in [0.1, 0.15) is 0 Å². The number of aryl methyl sites for hydroxylation is 1. The molecule has 0 amide bonds. The smallest absolute Gasteiger partial charge is 0.325 e. The highest BCUT2D eigenvalue weighted by Crippen LogP contribution is 2.31. The Kier molecular flexibility index (Phi) is 3.13. The third-order valence-corrected chi connectivity index (χ3v) is 2.78.